The molecule has 4 rings (SSSR count). The van der Waals surface area contributed by atoms with E-state index >= 15 is 0 Å². The number of benzene rings is 1. The first-order chi connectivity index (χ1) is 11.2. The summed E-state index contributed by atoms with van der Waals surface area (Å²) in [6.45, 7) is 4.83. The van der Waals surface area contributed by atoms with Gasteiger partial charge in [0.25, 0.3) is 0 Å². The van der Waals surface area contributed by atoms with Crippen LogP contribution in [0.5, 0.6) is 0 Å². The first-order valence-electron chi connectivity index (χ1n) is 9.37. The van der Waals surface area contributed by atoms with E-state index in [0.717, 1.165) is 0 Å². The normalized spacial score (nSPS) is 26.4. The number of hydrogen-bond donors (Lipinski definition) is 0. The summed E-state index contributed by atoms with van der Waals surface area (Å²) >= 11 is 0. The second kappa shape index (κ2) is 6.45. The Bertz CT molecular complexity index is 494. The molecule has 1 aliphatic carbocycles. The monoisotopic (exact) mass is 314 g/mol. The van der Waals surface area contributed by atoms with Gasteiger partial charge in [-0.25, -0.2) is 0 Å². The smallest absolute Gasteiger partial charge is 0.0603 e. The van der Waals surface area contributed by atoms with Crippen molar-refractivity contribution in [2.24, 2.45) is 5.41 Å². The van der Waals surface area contributed by atoms with Crippen LogP contribution < -0.4 is 4.90 Å². The van der Waals surface area contributed by atoms with E-state index in [-0.39, 0.29) is 0 Å². The fourth-order valence-corrected chi connectivity index (χ4v) is 4.68. The molecule has 0 atom stereocenters. The van der Waals surface area contributed by atoms with Crippen LogP contribution in [0.1, 0.15) is 38.5 Å². The van der Waals surface area contributed by atoms with Gasteiger partial charge in [0, 0.05) is 31.9 Å². The summed E-state index contributed by atoms with van der Waals surface area (Å²) in [7, 11) is 2.22. The molecule has 0 aromatic heterocycles. The number of piperidine rings is 2. The summed E-state index contributed by atoms with van der Waals surface area (Å²) in [5.74, 6) is 0. The van der Waals surface area contributed by atoms with Gasteiger partial charge in [-0.05, 0) is 63.1 Å². The molecule has 0 bridgehead atoms. The molecular formula is C20H30N2O. The molecule has 1 saturated carbocycles. The lowest BCUT2D eigenvalue weighted by Gasteiger charge is -2.53. The van der Waals surface area contributed by atoms with Crippen LogP contribution in [-0.4, -0.2) is 50.3 Å². The topological polar surface area (TPSA) is 15.7 Å². The van der Waals surface area contributed by atoms with Crippen molar-refractivity contribution in [1.29, 1.82) is 0 Å². The van der Waals surface area contributed by atoms with E-state index in [1.54, 1.807) is 0 Å². The van der Waals surface area contributed by atoms with Gasteiger partial charge in [-0.2, -0.15) is 0 Å². The van der Waals surface area contributed by atoms with Crippen LogP contribution in [0.4, 0.5) is 5.69 Å². The molecule has 3 aliphatic rings. The molecule has 23 heavy (non-hydrogen) atoms. The van der Waals surface area contributed by atoms with Crippen molar-refractivity contribution in [3.05, 3.63) is 30.3 Å². The molecule has 1 spiro atoms. The van der Waals surface area contributed by atoms with Crippen LogP contribution in [0.25, 0.3) is 0 Å². The molecule has 0 unspecified atom stereocenters. The van der Waals surface area contributed by atoms with Crippen LogP contribution in [0.2, 0.25) is 0 Å². The van der Waals surface area contributed by atoms with Crippen LogP contribution in [0, 0.1) is 5.41 Å². The Labute approximate surface area is 140 Å². The Balaban J connectivity index is 1.23. The lowest BCUT2D eigenvalue weighted by molar-refractivity contribution is -0.132. The first kappa shape index (κ1) is 15.5. The minimum atomic E-state index is 0.526. The van der Waals surface area contributed by atoms with Gasteiger partial charge in [-0.3, -0.25) is 0 Å². The maximum atomic E-state index is 6.37. The highest BCUT2D eigenvalue weighted by Gasteiger charge is 2.47. The number of rotatable bonds is 3. The van der Waals surface area contributed by atoms with E-state index in [1.807, 2.05) is 0 Å². The lowest BCUT2D eigenvalue weighted by Crippen LogP contribution is -2.51. The van der Waals surface area contributed by atoms with Crippen LogP contribution in [-0.2, 0) is 4.74 Å². The molecule has 0 amide bonds. The third-order valence-electron chi connectivity index (χ3n) is 6.32. The first-order valence-corrected chi connectivity index (χ1v) is 9.37. The number of likely N-dealkylation sites (tertiary alicyclic amines) is 1. The van der Waals surface area contributed by atoms with Crippen molar-refractivity contribution >= 4 is 5.69 Å². The fourth-order valence-electron chi connectivity index (χ4n) is 4.68. The number of para-hydroxylation sites is 1. The zero-order chi connectivity index (χ0) is 15.7. The highest BCUT2D eigenvalue weighted by atomic mass is 16.5. The van der Waals surface area contributed by atoms with Crippen molar-refractivity contribution < 1.29 is 4.74 Å². The molecule has 2 aliphatic heterocycles. The molecule has 3 nitrogen and oxygen atoms in total. The second-order valence-corrected chi connectivity index (χ2v) is 7.99. The minimum absolute atomic E-state index is 0.526. The van der Waals surface area contributed by atoms with Crippen LogP contribution in [0.3, 0.4) is 0 Å². The summed E-state index contributed by atoms with van der Waals surface area (Å²) in [6.07, 6.45) is 8.82. The lowest BCUT2D eigenvalue weighted by atomic mass is 9.61. The molecule has 3 fully saturated rings. The molecule has 3 heteroatoms. The largest absolute Gasteiger partial charge is 0.375 e. The Hall–Kier alpha value is -1.06. The molecule has 126 valence electrons. The van der Waals surface area contributed by atoms with Gasteiger partial charge in [0.2, 0.25) is 0 Å². The van der Waals surface area contributed by atoms with E-state index in [1.165, 1.54) is 70.4 Å². The van der Waals surface area contributed by atoms with Crippen LogP contribution >= 0.6 is 0 Å². The number of anilines is 1. The van der Waals surface area contributed by atoms with Gasteiger partial charge in [0.05, 0.1) is 12.2 Å². The number of nitrogens with zero attached hydrogens (tertiary/aromatic N) is 2. The Kier molecular flexibility index (Phi) is 4.33. The Morgan fingerprint density at radius 3 is 2.22 bits per heavy atom. The zero-order valence-corrected chi connectivity index (χ0v) is 14.4. The van der Waals surface area contributed by atoms with Crippen molar-refractivity contribution in [3.63, 3.8) is 0 Å². The predicted octanol–water partition coefficient (Wildman–Crippen LogP) is 3.55. The quantitative estimate of drug-likeness (QED) is 0.848. The summed E-state index contributed by atoms with van der Waals surface area (Å²) in [5.41, 5.74) is 1.99. The van der Waals surface area contributed by atoms with Crippen molar-refractivity contribution in [2.45, 2.75) is 50.7 Å². The van der Waals surface area contributed by atoms with E-state index in [0.29, 0.717) is 17.6 Å². The summed E-state index contributed by atoms with van der Waals surface area (Å²) in [4.78, 5) is 4.97. The van der Waals surface area contributed by atoms with E-state index < -0.39 is 0 Å². The van der Waals surface area contributed by atoms with E-state index in [9.17, 15) is 0 Å². The molecule has 1 aromatic rings. The minimum Gasteiger partial charge on any atom is -0.375 e. The fraction of sp³-hybridized carbons (Fsp3) is 0.700. The third kappa shape index (κ3) is 3.41. The third-order valence-corrected chi connectivity index (χ3v) is 6.32. The van der Waals surface area contributed by atoms with Gasteiger partial charge in [0.15, 0.2) is 0 Å². The number of hydrogen-bond acceptors (Lipinski definition) is 3. The van der Waals surface area contributed by atoms with E-state index in [4.69, 9.17) is 4.74 Å². The highest BCUT2D eigenvalue weighted by molar-refractivity contribution is 5.46. The number of ether oxygens (including phenoxy) is 1. The Morgan fingerprint density at radius 1 is 0.913 bits per heavy atom. The van der Waals surface area contributed by atoms with E-state index in [2.05, 4.69) is 47.2 Å². The zero-order valence-electron chi connectivity index (χ0n) is 14.4. The molecular weight excluding hydrogens is 284 g/mol. The van der Waals surface area contributed by atoms with Gasteiger partial charge in [0.1, 0.15) is 0 Å². The summed E-state index contributed by atoms with van der Waals surface area (Å²) in [5, 5.41) is 0. The summed E-state index contributed by atoms with van der Waals surface area (Å²) < 4.78 is 6.37. The molecule has 2 heterocycles. The average Bonchev–Trinajstić information content (AvgIpc) is 2.57. The average molecular weight is 314 g/mol. The van der Waals surface area contributed by atoms with Gasteiger partial charge < -0.3 is 14.5 Å². The maximum absolute atomic E-state index is 6.37. The van der Waals surface area contributed by atoms with Crippen molar-refractivity contribution in [3.8, 4) is 0 Å². The van der Waals surface area contributed by atoms with Crippen molar-refractivity contribution in [1.82, 2.24) is 4.90 Å². The van der Waals surface area contributed by atoms with Gasteiger partial charge in [-0.1, -0.05) is 18.2 Å². The molecule has 0 radical (unpaired) electrons. The highest BCUT2D eigenvalue weighted by Crippen LogP contribution is 2.51. The van der Waals surface area contributed by atoms with Gasteiger partial charge in [-0.15, -0.1) is 0 Å². The maximum Gasteiger partial charge on any atom is 0.0603 e. The Morgan fingerprint density at radius 2 is 1.57 bits per heavy atom. The SMILES string of the molecule is CN1CCC(OC2CC3(CCN(c4ccccc4)CC3)C2)CC1. The standard InChI is InChI=1S/C20H30N2O/c1-21-11-7-18(8-12-21)23-19-15-20(16-19)9-13-22(14-10-20)17-5-3-2-4-6-17/h2-6,18-19H,7-16H2,1H3. The van der Waals surface area contributed by atoms with Gasteiger partial charge >= 0.3 is 0 Å². The molecule has 2 saturated heterocycles. The molecule has 1 aromatic carbocycles. The summed E-state index contributed by atoms with van der Waals surface area (Å²) in [6, 6.07) is 10.9. The predicted molar refractivity (Wildman–Crippen MR) is 94.9 cm³/mol. The van der Waals surface area contributed by atoms with Crippen molar-refractivity contribution in [2.75, 3.05) is 38.1 Å². The second-order valence-electron chi connectivity index (χ2n) is 7.99. The molecule has 0 N–H and O–H groups in total. The van der Waals surface area contributed by atoms with Crippen LogP contribution in [0.15, 0.2) is 30.3 Å².